The molecule has 0 bridgehead atoms. The summed E-state index contributed by atoms with van der Waals surface area (Å²) in [6.07, 6.45) is 2.89. The first kappa shape index (κ1) is 16.1. The van der Waals surface area contributed by atoms with Crippen LogP contribution < -0.4 is 10.2 Å². The summed E-state index contributed by atoms with van der Waals surface area (Å²) < 4.78 is 5.18. The summed E-state index contributed by atoms with van der Waals surface area (Å²) in [5.74, 6) is -0.192. The third kappa shape index (κ3) is 3.00. The van der Waals surface area contributed by atoms with E-state index in [0.29, 0.717) is 17.4 Å². The molecule has 5 nitrogen and oxygen atoms in total. The summed E-state index contributed by atoms with van der Waals surface area (Å²) in [5, 5.41) is 2.61. The lowest BCUT2D eigenvalue weighted by Gasteiger charge is -2.29. The van der Waals surface area contributed by atoms with E-state index >= 15 is 0 Å². The smallest absolute Gasteiger partial charge is 0.270 e. The Morgan fingerprint density at radius 2 is 1.88 bits per heavy atom. The van der Waals surface area contributed by atoms with E-state index in [1.807, 2.05) is 24.3 Å². The van der Waals surface area contributed by atoms with Gasteiger partial charge in [0.25, 0.3) is 11.8 Å². The van der Waals surface area contributed by atoms with Crippen LogP contribution in [0.15, 0.2) is 52.7 Å². The predicted octanol–water partition coefficient (Wildman–Crippen LogP) is 3.23. The third-order valence-electron chi connectivity index (χ3n) is 3.75. The maximum atomic E-state index is 12.8. The minimum Gasteiger partial charge on any atom is -0.465 e. The summed E-state index contributed by atoms with van der Waals surface area (Å²) in [7, 11) is 0. The summed E-state index contributed by atoms with van der Waals surface area (Å²) in [6.45, 7) is 4.19. The minimum atomic E-state index is -0.531. The van der Waals surface area contributed by atoms with Crippen LogP contribution in [-0.2, 0) is 9.59 Å². The van der Waals surface area contributed by atoms with Gasteiger partial charge in [-0.2, -0.15) is 0 Å². The van der Waals surface area contributed by atoms with Gasteiger partial charge in [0.2, 0.25) is 0 Å². The van der Waals surface area contributed by atoms with Crippen molar-refractivity contribution < 1.29 is 14.0 Å². The van der Waals surface area contributed by atoms with Gasteiger partial charge in [-0.1, -0.05) is 26.0 Å². The SMILES string of the molecule is CC(C)c1ccc(N2C(=O)/C(=C/c3ccco3)C(=O)NC2=S)cc1. The summed E-state index contributed by atoms with van der Waals surface area (Å²) in [6, 6.07) is 10.9. The molecule has 0 unspecified atom stereocenters. The van der Waals surface area contributed by atoms with Gasteiger partial charge in [-0.25, -0.2) is 0 Å². The molecule has 1 fully saturated rings. The lowest BCUT2D eigenvalue weighted by atomic mass is 10.0. The number of carbonyl (C=O) groups excluding carboxylic acids is 2. The Kier molecular flexibility index (Phi) is 4.31. The van der Waals surface area contributed by atoms with Gasteiger partial charge in [0.05, 0.1) is 12.0 Å². The highest BCUT2D eigenvalue weighted by atomic mass is 32.1. The lowest BCUT2D eigenvalue weighted by Crippen LogP contribution is -2.54. The zero-order valence-corrected chi connectivity index (χ0v) is 14.1. The van der Waals surface area contributed by atoms with E-state index in [1.165, 1.54) is 17.2 Å². The summed E-state index contributed by atoms with van der Waals surface area (Å²) in [4.78, 5) is 26.2. The van der Waals surface area contributed by atoms with Crippen molar-refractivity contribution in [1.29, 1.82) is 0 Å². The van der Waals surface area contributed by atoms with Crippen LogP contribution in [0.25, 0.3) is 6.08 Å². The zero-order chi connectivity index (χ0) is 17.3. The fourth-order valence-electron chi connectivity index (χ4n) is 2.42. The monoisotopic (exact) mass is 340 g/mol. The number of rotatable bonds is 3. The fraction of sp³-hybridized carbons (Fsp3) is 0.167. The molecule has 6 heteroatoms. The molecule has 0 atom stereocenters. The van der Waals surface area contributed by atoms with E-state index in [-0.39, 0.29) is 10.7 Å². The van der Waals surface area contributed by atoms with E-state index in [1.54, 1.807) is 12.1 Å². The minimum absolute atomic E-state index is 0.0218. The standard InChI is InChI=1S/C18H16N2O3S/c1-11(2)12-5-7-13(8-6-12)20-17(22)15(16(21)19-18(20)24)10-14-4-3-9-23-14/h3-11H,1-2H3,(H,19,21,24)/b15-10+. The van der Waals surface area contributed by atoms with Gasteiger partial charge in [-0.15, -0.1) is 0 Å². The number of amides is 2. The highest BCUT2D eigenvalue weighted by Crippen LogP contribution is 2.24. The summed E-state index contributed by atoms with van der Waals surface area (Å²) >= 11 is 5.17. The Morgan fingerprint density at radius 3 is 2.46 bits per heavy atom. The van der Waals surface area contributed by atoms with E-state index in [9.17, 15) is 9.59 Å². The Bertz CT molecular complexity index is 820. The molecule has 2 aromatic rings. The summed E-state index contributed by atoms with van der Waals surface area (Å²) in [5.41, 5.74) is 1.75. The van der Waals surface area contributed by atoms with Crippen molar-refractivity contribution in [3.8, 4) is 0 Å². The average molecular weight is 340 g/mol. The van der Waals surface area contributed by atoms with E-state index in [0.717, 1.165) is 5.56 Å². The zero-order valence-electron chi connectivity index (χ0n) is 13.3. The second kappa shape index (κ2) is 6.41. The molecule has 1 saturated heterocycles. The number of furan rings is 1. The lowest BCUT2D eigenvalue weighted by molar-refractivity contribution is -0.122. The number of hydrogen-bond donors (Lipinski definition) is 1. The van der Waals surface area contributed by atoms with Crippen molar-refractivity contribution in [2.24, 2.45) is 0 Å². The van der Waals surface area contributed by atoms with Crippen LogP contribution in [-0.4, -0.2) is 16.9 Å². The van der Waals surface area contributed by atoms with Gasteiger partial charge in [0.15, 0.2) is 5.11 Å². The topological polar surface area (TPSA) is 62.6 Å². The van der Waals surface area contributed by atoms with Gasteiger partial charge in [0.1, 0.15) is 11.3 Å². The second-order valence-corrected chi connectivity index (χ2v) is 6.11. The molecule has 0 aliphatic carbocycles. The number of carbonyl (C=O) groups is 2. The average Bonchev–Trinajstić information content (AvgIpc) is 3.05. The molecular weight excluding hydrogens is 324 g/mol. The first-order valence-corrected chi connectivity index (χ1v) is 7.93. The van der Waals surface area contributed by atoms with Gasteiger partial charge < -0.3 is 4.42 Å². The first-order valence-electron chi connectivity index (χ1n) is 7.52. The molecule has 2 heterocycles. The van der Waals surface area contributed by atoms with Crippen molar-refractivity contribution in [2.45, 2.75) is 19.8 Å². The number of nitrogens with one attached hydrogen (secondary N) is 1. The first-order chi connectivity index (χ1) is 11.5. The van der Waals surface area contributed by atoms with Crippen LogP contribution in [0.5, 0.6) is 0 Å². The maximum absolute atomic E-state index is 12.8. The van der Waals surface area contributed by atoms with Gasteiger partial charge >= 0.3 is 0 Å². The van der Waals surface area contributed by atoms with Crippen LogP contribution in [0.1, 0.15) is 31.1 Å². The molecule has 24 heavy (non-hydrogen) atoms. The molecule has 1 aliphatic rings. The molecule has 3 rings (SSSR count). The molecule has 0 saturated carbocycles. The number of anilines is 1. The largest absolute Gasteiger partial charge is 0.465 e. The number of thiocarbonyl (C=S) groups is 1. The molecular formula is C18H16N2O3S. The molecule has 122 valence electrons. The van der Waals surface area contributed by atoms with Crippen LogP contribution >= 0.6 is 12.2 Å². The second-order valence-electron chi connectivity index (χ2n) is 5.72. The quantitative estimate of drug-likeness (QED) is 0.529. The Labute approximate surface area is 144 Å². The molecule has 0 radical (unpaired) electrons. The fourth-order valence-corrected chi connectivity index (χ4v) is 2.70. The third-order valence-corrected chi connectivity index (χ3v) is 4.03. The van der Waals surface area contributed by atoms with Crippen molar-refractivity contribution in [2.75, 3.05) is 4.90 Å². The van der Waals surface area contributed by atoms with Crippen molar-refractivity contribution in [3.05, 3.63) is 59.6 Å². The van der Waals surface area contributed by atoms with Crippen LogP contribution in [0, 0.1) is 0 Å². The van der Waals surface area contributed by atoms with Gasteiger partial charge in [-0.3, -0.25) is 19.8 Å². The number of hydrogen-bond acceptors (Lipinski definition) is 4. The molecule has 1 aromatic heterocycles. The van der Waals surface area contributed by atoms with Crippen molar-refractivity contribution in [1.82, 2.24) is 5.32 Å². The Morgan fingerprint density at radius 1 is 1.17 bits per heavy atom. The van der Waals surface area contributed by atoms with E-state index < -0.39 is 11.8 Å². The highest BCUT2D eigenvalue weighted by Gasteiger charge is 2.34. The van der Waals surface area contributed by atoms with E-state index in [2.05, 4.69) is 19.2 Å². The number of nitrogens with zero attached hydrogens (tertiary/aromatic N) is 1. The molecule has 1 aliphatic heterocycles. The van der Waals surface area contributed by atoms with Crippen LogP contribution in [0.4, 0.5) is 5.69 Å². The molecule has 0 spiro atoms. The Balaban J connectivity index is 1.96. The normalized spacial score (nSPS) is 16.9. The van der Waals surface area contributed by atoms with Gasteiger partial charge in [0, 0.05) is 0 Å². The molecule has 1 aromatic carbocycles. The number of benzene rings is 1. The van der Waals surface area contributed by atoms with Crippen molar-refractivity contribution >= 4 is 40.9 Å². The highest BCUT2D eigenvalue weighted by molar-refractivity contribution is 7.80. The van der Waals surface area contributed by atoms with E-state index in [4.69, 9.17) is 16.6 Å². The van der Waals surface area contributed by atoms with Gasteiger partial charge in [-0.05, 0) is 54.0 Å². The maximum Gasteiger partial charge on any atom is 0.270 e. The van der Waals surface area contributed by atoms with Crippen LogP contribution in [0.3, 0.4) is 0 Å². The Hall–Kier alpha value is -2.73. The van der Waals surface area contributed by atoms with Crippen LogP contribution in [0.2, 0.25) is 0 Å². The molecule has 2 amide bonds. The van der Waals surface area contributed by atoms with Crippen molar-refractivity contribution in [3.63, 3.8) is 0 Å². The predicted molar refractivity (Wildman–Crippen MR) is 95.4 cm³/mol. The molecule has 1 N–H and O–H groups in total.